The van der Waals surface area contributed by atoms with E-state index in [0.717, 1.165) is 0 Å². The minimum absolute atomic E-state index is 0.129. The number of ether oxygens (including phenoxy) is 4. The third kappa shape index (κ3) is 4.24. The molecular weight excluding hydrogens is 338 g/mol. The summed E-state index contributed by atoms with van der Waals surface area (Å²) in [5.74, 6) is -0.295. The van der Waals surface area contributed by atoms with Crippen LogP contribution in [0, 0.1) is 0 Å². The standard InChI is InChI=1S/C19H21NO6/c1-12(18(21)20-13-8-6-5-7-9-13)26-19(22)14-10-11-15(23-2)17(25-4)16(14)24-3/h5-12H,1-4H3,(H,20,21)/t12-/m1/s1. The van der Waals surface area contributed by atoms with Crippen LogP contribution in [0.4, 0.5) is 5.69 Å². The molecule has 2 aromatic carbocycles. The molecule has 0 aliphatic carbocycles. The molecule has 0 fully saturated rings. The van der Waals surface area contributed by atoms with Crippen molar-refractivity contribution in [3.05, 3.63) is 48.0 Å². The summed E-state index contributed by atoms with van der Waals surface area (Å²) in [6.07, 6.45) is -1.000. The Kier molecular flexibility index (Phi) is 6.43. The van der Waals surface area contributed by atoms with Crippen LogP contribution in [0.5, 0.6) is 17.2 Å². The maximum atomic E-state index is 12.5. The number of nitrogens with one attached hydrogen (secondary N) is 1. The SMILES string of the molecule is COc1ccc(C(=O)O[C@H](C)C(=O)Nc2ccccc2)c(OC)c1OC. The van der Waals surface area contributed by atoms with Gasteiger partial charge in [-0.15, -0.1) is 0 Å². The van der Waals surface area contributed by atoms with Gasteiger partial charge in [-0.25, -0.2) is 4.79 Å². The molecule has 0 aliphatic rings. The Balaban J connectivity index is 2.15. The van der Waals surface area contributed by atoms with Crippen molar-refractivity contribution in [2.45, 2.75) is 13.0 Å². The molecule has 1 atom stereocenters. The van der Waals surface area contributed by atoms with Gasteiger partial charge in [0.15, 0.2) is 17.6 Å². The van der Waals surface area contributed by atoms with Crippen LogP contribution in [0.2, 0.25) is 0 Å². The van der Waals surface area contributed by atoms with Crippen LogP contribution in [0.1, 0.15) is 17.3 Å². The van der Waals surface area contributed by atoms with E-state index in [9.17, 15) is 9.59 Å². The number of hydrogen-bond donors (Lipinski definition) is 1. The normalized spacial score (nSPS) is 11.2. The topological polar surface area (TPSA) is 83.1 Å². The molecule has 0 aromatic heterocycles. The van der Waals surface area contributed by atoms with Crippen molar-refractivity contribution < 1.29 is 28.5 Å². The predicted molar refractivity (Wildman–Crippen MR) is 96.0 cm³/mol. The van der Waals surface area contributed by atoms with E-state index in [-0.39, 0.29) is 17.1 Å². The van der Waals surface area contributed by atoms with E-state index in [0.29, 0.717) is 11.4 Å². The van der Waals surface area contributed by atoms with Crippen LogP contribution in [0.15, 0.2) is 42.5 Å². The van der Waals surface area contributed by atoms with Crippen molar-refractivity contribution in [1.82, 2.24) is 0 Å². The van der Waals surface area contributed by atoms with Gasteiger partial charge in [-0.2, -0.15) is 0 Å². The fourth-order valence-electron chi connectivity index (χ4n) is 2.30. The van der Waals surface area contributed by atoms with Crippen molar-refractivity contribution in [3.8, 4) is 17.2 Å². The van der Waals surface area contributed by atoms with E-state index >= 15 is 0 Å². The summed E-state index contributed by atoms with van der Waals surface area (Å²) in [7, 11) is 4.32. The van der Waals surface area contributed by atoms with Gasteiger partial charge in [0, 0.05) is 5.69 Å². The molecule has 2 rings (SSSR count). The number of benzene rings is 2. The largest absolute Gasteiger partial charge is 0.493 e. The highest BCUT2D eigenvalue weighted by atomic mass is 16.6. The lowest BCUT2D eigenvalue weighted by molar-refractivity contribution is -0.123. The Morgan fingerprint density at radius 3 is 2.12 bits per heavy atom. The minimum atomic E-state index is -1.000. The number of amides is 1. The molecule has 1 amide bonds. The highest BCUT2D eigenvalue weighted by Gasteiger charge is 2.25. The summed E-state index contributed by atoms with van der Waals surface area (Å²) in [5.41, 5.74) is 0.744. The highest BCUT2D eigenvalue weighted by molar-refractivity contribution is 5.99. The Bertz CT molecular complexity index is 775. The molecule has 0 unspecified atom stereocenters. The van der Waals surface area contributed by atoms with Crippen LogP contribution in [-0.4, -0.2) is 39.3 Å². The molecule has 7 heteroatoms. The molecule has 7 nitrogen and oxygen atoms in total. The van der Waals surface area contributed by atoms with E-state index in [2.05, 4.69) is 5.32 Å². The molecule has 0 radical (unpaired) electrons. The number of anilines is 1. The molecule has 0 saturated carbocycles. The third-order valence-corrected chi connectivity index (χ3v) is 3.62. The summed E-state index contributed by atoms with van der Waals surface area (Å²) >= 11 is 0. The van der Waals surface area contributed by atoms with Gasteiger partial charge in [0.25, 0.3) is 5.91 Å². The van der Waals surface area contributed by atoms with Crippen molar-refractivity contribution in [2.75, 3.05) is 26.6 Å². The summed E-state index contributed by atoms with van der Waals surface area (Å²) in [6, 6.07) is 12.0. The summed E-state index contributed by atoms with van der Waals surface area (Å²) in [5, 5.41) is 2.68. The molecule has 0 bridgehead atoms. The van der Waals surface area contributed by atoms with Crippen LogP contribution in [-0.2, 0) is 9.53 Å². The number of rotatable bonds is 7. The average molecular weight is 359 g/mol. The van der Waals surface area contributed by atoms with E-state index in [1.807, 2.05) is 6.07 Å². The first-order valence-electron chi connectivity index (χ1n) is 7.87. The van der Waals surface area contributed by atoms with Crippen LogP contribution < -0.4 is 19.5 Å². The quantitative estimate of drug-likeness (QED) is 0.766. The second kappa shape index (κ2) is 8.75. The van der Waals surface area contributed by atoms with Gasteiger partial charge in [-0.3, -0.25) is 4.79 Å². The molecule has 0 spiro atoms. The number of esters is 1. The smallest absolute Gasteiger partial charge is 0.342 e. The molecule has 0 heterocycles. The zero-order valence-electron chi connectivity index (χ0n) is 15.1. The molecule has 1 N–H and O–H groups in total. The fourth-order valence-corrected chi connectivity index (χ4v) is 2.30. The lowest BCUT2D eigenvalue weighted by Gasteiger charge is -2.17. The Hall–Kier alpha value is -3.22. The number of carbonyl (C=O) groups is 2. The van der Waals surface area contributed by atoms with Gasteiger partial charge in [0.1, 0.15) is 5.56 Å². The lowest BCUT2D eigenvalue weighted by Crippen LogP contribution is -2.30. The Morgan fingerprint density at radius 1 is 0.885 bits per heavy atom. The van der Waals surface area contributed by atoms with Gasteiger partial charge in [0.2, 0.25) is 5.75 Å². The number of para-hydroxylation sites is 1. The number of methoxy groups -OCH3 is 3. The van der Waals surface area contributed by atoms with E-state index in [4.69, 9.17) is 18.9 Å². The zero-order chi connectivity index (χ0) is 19.1. The monoisotopic (exact) mass is 359 g/mol. The van der Waals surface area contributed by atoms with E-state index < -0.39 is 18.0 Å². The maximum absolute atomic E-state index is 12.5. The first-order valence-corrected chi connectivity index (χ1v) is 7.87. The summed E-state index contributed by atoms with van der Waals surface area (Å²) < 4.78 is 20.9. The Morgan fingerprint density at radius 2 is 1.54 bits per heavy atom. The maximum Gasteiger partial charge on any atom is 0.342 e. The van der Waals surface area contributed by atoms with Crippen LogP contribution >= 0.6 is 0 Å². The third-order valence-electron chi connectivity index (χ3n) is 3.62. The van der Waals surface area contributed by atoms with Crippen molar-refractivity contribution in [3.63, 3.8) is 0 Å². The zero-order valence-corrected chi connectivity index (χ0v) is 15.1. The second-order valence-electron chi connectivity index (χ2n) is 5.28. The Labute approximate surface area is 151 Å². The molecule has 2 aromatic rings. The van der Waals surface area contributed by atoms with E-state index in [1.165, 1.54) is 34.3 Å². The van der Waals surface area contributed by atoms with Crippen molar-refractivity contribution >= 4 is 17.6 Å². The first kappa shape index (κ1) is 19.1. The summed E-state index contributed by atoms with van der Waals surface area (Å²) in [4.78, 5) is 24.7. The number of carbonyl (C=O) groups excluding carboxylic acids is 2. The second-order valence-corrected chi connectivity index (χ2v) is 5.28. The molecule has 0 saturated heterocycles. The number of hydrogen-bond acceptors (Lipinski definition) is 6. The molecular formula is C19H21NO6. The molecule has 0 aliphatic heterocycles. The minimum Gasteiger partial charge on any atom is -0.493 e. The average Bonchev–Trinajstić information content (AvgIpc) is 2.67. The van der Waals surface area contributed by atoms with Gasteiger partial charge >= 0.3 is 5.97 Å². The fraction of sp³-hybridized carbons (Fsp3) is 0.263. The first-order chi connectivity index (χ1) is 12.5. The van der Waals surface area contributed by atoms with Gasteiger partial charge < -0.3 is 24.3 Å². The van der Waals surface area contributed by atoms with Crippen LogP contribution in [0.3, 0.4) is 0 Å². The van der Waals surface area contributed by atoms with Gasteiger partial charge in [-0.1, -0.05) is 18.2 Å². The van der Waals surface area contributed by atoms with Crippen LogP contribution in [0.25, 0.3) is 0 Å². The van der Waals surface area contributed by atoms with Crippen molar-refractivity contribution in [1.29, 1.82) is 0 Å². The van der Waals surface area contributed by atoms with Gasteiger partial charge in [-0.05, 0) is 31.2 Å². The highest BCUT2D eigenvalue weighted by Crippen LogP contribution is 2.40. The lowest BCUT2D eigenvalue weighted by atomic mass is 10.1. The summed E-state index contributed by atoms with van der Waals surface area (Å²) in [6.45, 7) is 1.49. The van der Waals surface area contributed by atoms with E-state index in [1.54, 1.807) is 30.3 Å². The predicted octanol–water partition coefficient (Wildman–Crippen LogP) is 2.90. The molecule has 26 heavy (non-hydrogen) atoms. The van der Waals surface area contributed by atoms with Crippen molar-refractivity contribution in [2.24, 2.45) is 0 Å². The van der Waals surface area contributed by atoms with Gasteiger partial charge in [0.05, 0.1) is 21.3 Å². The molecule has 138 valence electrons.